The Kier molecular flexibility index (Phi) is 4.70. The number of hydrogen-bond acceptors (Lipinski definition) is 1. The smallest absolute Gasteiger partial charge is 0.324 e. The van der Waals surface area contributed by atoms with Crippen molar-refractivity contribution in [3.05, 3.63) is 65.7 Å². The van der Waals surface area contributed by atoms with Crippen molar-refractivity contribution < 1.29 is 18.0 Å². The maximum absolute atomic E-state index is 12.6. The van der Waals surface area contributed by atoms with E-state index in [1.54, 1.807) is 16.8 Å². The summed E-state index contributed by atoms with van der Waals surface area (Å²) in [7, 11) is 1.74. The highest BCUT2D eigenvalue weighted by Crippen LogP contribution is 2.30. The summed E-state index contributed by atoms with van der Waals surface area (Å²) in [4.78, 5) is 15.8. The van der Waals surface area contributed by atoms with Crippen LogP contribution in [0.15, 0.2) is 54.6 Å². The Morgan fingerprint density at radius 3 is 2.24 bits per heavy atom. The van der Waals surface area contributed by atoms with Crippen molar-refractivity contribution in [2.24, 2.45) is 5.92 Å². The minimum Gasteiger partial charge on any atom is -0.324 e. The summed E-state index contributed by atoms with van der Waals surface area (Å²) in [5.41, 5.74) is 1.06. The van der Waals surface area contributed by atoms with Gasteiger partial charge in [-0.15, -0.1) is 0 Å². The van der Waals surface area contributed by atoms with E-state index in [9.17, 15) is 18.0 Å². The van der Waals surface area contributed by atoms with Crippen LogP contribution in [0.3, 0.4) is 0 Å². The number of alkyl halides is 3. The van der Waals surface area contributed by atoms with Gasteiger partial charge in [0.15, 0.2) is 0 Å². The molecule has 1 fully saturated rings. The van der Waals surface area contributed by atoms with Crippen LogP contribution in [0.2, 0.25) is 0 Å². The molecule has 25 heavy (non-hydrogen) atoms. The lowest BCUT2D eigenvalue weighted by Gasteiger charge is -2.41. The quantitative estimate of drug-likeness (QED) is 0.805. The molecule has 1 aliphatic rings. The fraction of sp³-hybridized carbons (Fsp3) is 0.316. The van der Waals surface area contributed by atoms with Gasteiger partial charge < -0.3 is 4.90 Å². The van der Waals surface area contributed by atoms with E-state index in [0.29, 0.717) is 19.5 Å². The second-order valence-corrected chi connectivity index (χ2v) is 6.35. The van der Waals surface area contributed by atoms with E-state index >= 15 is 0 Å². The molecule has 0 N–H and O–H groups in total. The molecular weight excluding hydrogens is 329 g/mol. The molecule has 0 aromatic heterocycles. The third-order valence-electron chi connectivity index (χ3n) is 4.46. The molecular formula is C19H19F3N2O. The van der Waals surface area contributed by atoms with Crippen molar-refractivity contribution in [2.45, 2.75) is 12.6 Å². The fourth-order valence-electron chi connectivity index (χ4n) is 2.99. The molecule has 6 heteroatoms. The van der Waals surface area contributed by atoms with E-state index < -0.39 is 11.7 Å². The van der Waals surface area contributed by atoms with Gasteiger partial charge >= 0.3 is 12.2 Å². The van der Waals surface area contributed by atoms with Crippen molar-refractivity contribution in [1.82, 2.24) is 4.90 Å². The van der Waals surface area contributed by atoms with Gasteiger partial charge in [0.2, 0.25) is 0 Å². The van der Waals surface area contributed by atoms with Crippen LogP contribution < -0.4 is 4.90 Å². The molecule has 2 aromatic rings. The van der Waals surface area contributed by atoms with Crippen LogP contribution in [0.4, 0.5) is 23.7 Å². The van der Waals surface area contributed by atoms with Crippen LogP contribution in [0.5, 0.6) is 0 Å². The highest BCUT2D eigenvalue weighted by molar-refractivity contribution is 5.91. The van der Waals surface area contributed by atoms with Crippen LogP contribution in [0, 0.1) is 5.92 Å². The number of benzene rings is 2. The van der Waals surface area contributed by atoms with E-state index in [-0.39, 0.29) is 11.9 Å². The first-order valence-electron chi connectivity index (χ1n) is 8.08. The average molecular weight is 348 g/mol. The second kappa shape index (κ2) is 6.78. The van der Waals surface area contributed by atoms with Crippen LogP contribution in [-0.4, -0.2) is 31.1 Å². The summed E-state index contributed by atoms with van der Waals surface area (Å²) in [6, 6.07) is 14.6. The Balaban J connectivity index is 1.52. The van der Waals surface area contributed by atoms with Crippen molar-refractivity contribution in [3.8, 4) is 0 Å². The third-order valence-corrected chi connectivity index (χ3v) is 4.46. The largest absolute Gasteiger partial charge is 0.416 e. The Labute approximate surface area is 144 Å². The second-order valence-electron chi connectivity index (χ2n) is 6.35. The summed E-state index contributed by atoms with van der Waals surface area (Å²) >= 11 is 0. The molecule has 3 nitrogen and oxygen atoms in total. The summed E-state index contributed by atoms with van der Waals surface area (Å²) in [5.74, 6) is 0.282. The molecule has 1 heterocycles. The molecule has 0 saturated carbocycles. The van der Waals surface area contributed by atoms with Gasteiger partial charge in [-0.05, 0) is 42.2 Å². The molecule has 1 saturated heterocycles. The van der Waals surface area contributed by atoms with Crippen molar-refractivity contribution in [1.29, 1.82) is 0 Å². The number of carbonyl (C=O) groups excluding carboxylic acids is 1. The molecule has 0 spiro atoms. The summed E-state index contributed by atoms with van der Waals surface area (Å²) in [6.07, 6.45) is -3.63. The van der Waals surface area contributed by atoms with Crippen LogP contribution >= 0.6 is 0 Å². The zero-order valence-electron chi connectivity index (χ0n) is 13.8. The van der Waals surface area contributed by atoms with Crippen molar-refractivity contribution in [3.63, 3.8) is 0 Å². The molecule has 132 valence electrons. The Morgan fingerprint density at radius 2 is 1.68 bits per heavy atom. The fourth-order valence-corrected chi connectivity index (χ4v) is 2.99. The van der Waals surface area contributed by atoms with E-state index in [2.05, 4.69) is 0 Å². The Bertz CT molecular complexity index is 723. The number of likely N-dealkylation sites (tertiary alicyclic amines) is 1. The van der Waals surface area contributed by atoms with Gasteiger partial charge in [-0.25, -0.2) is 4.79 Å². The highest BCUT2D eigenvalue weighted by Gasteiger charge is 2.33. The molecule has 2 aromatic carbocycles. The van der Waals surface area contributed by atoms with Gasteiger partial charge in [-0.1, -0.05) is 30.3 Å². The van der Waals surface area contributed by atoms with Crippen molar-refractivity contribution in [2.75, 3.05) is 25.0 Å². The molecule has 1 aliphatic heterocycles. The normalized spacial score (nSPS) is 15.0. The molecule has 0 atom stereocenters. The minimum atomic E-state index is -4.31. The van der Waals surface area contributed by atoms with Gasteiger partial charge in [0, 0.05) is 25.8 Å². The number of para-hydroxylation sites is 1. The average Bonchev–Trinajstić information content (AvgIpc) is 2.57. The first kappa shape index (κ1) is 17.3. The summed E-state index contributed by atoms with van der Waals surface area (Å²) in [5, 5.41) is 0. The monoisotopic (exact) mass is 348 g/mol. The lowest BCUT2D eigenvalue weighted by Crippen LogP contribution is -2.54. The first-order valence-corrected chi connectivity index (χ1v) is 8.08. The predicted octanol–water partition coefficient (Wildman–Crippen LogP) is 4.44. The molecule has 0 unspecified atom stereocenters. The third kappa shape index (κ3) is 3.95. The number of amides is 2. The first-order chi connectivity index (χ1) is 11.8. The van der Waals surface area contributed by atoms with Crippen LogP contribution in [0.25, 0.3) is 0 Å². The number of carbonyl (C=O) groups is 1. The Morgan fingerprint density at radius 1 is 1.08 bits per heavy atom. The zero-order valence-corrected chi connectivity index (χ0v) is 13.8. The maximum Gasteiger partial charge on any atom is 0.416 e. The molecule has 3 rings (SSSR count). The maximum atomic E-state index is 12.6. The number of hydrogen-bond donors (Lipinski definition) is 0. The molecule has 2 amide bonds. The van der Waals surface area contributed by atoms with E-state index in [1.165, 1.54) is 12.1 Å². The standard InChI is InChI=1S/C19H19F3N2O/c1-23(17-5-3-2-4-6-17)18(25)24-12-15(13-24)11-14-7-9-16(10-8-14)19(20,21)22/h2-10,15H,11-13H2,1H3. The number of halogens is 3. The van der Waals surface area contributed by atoms with Gasteiger partial charge in [0.05, 0.1) is 5.56 Å². The summed E-state index contributed by atoms with van der Waals surface area (Å²) in [6.45, 7) is 1.24. The van der Waals surface area contributed by atoms with E-state index in [4.69, 9.17) is 0 Å². The van der Waals surface area contributed by atoms with E-state index in [0.717, 1.165) is 23.4 Å². The lowest BCUT2D eigenvalue weighted by molar-refractivity contribution is -0.137. The molecule has 0 aliphatic carbocycles. The Hall–Kier alpha value is -2.50. The van der Waals surface area contributed by atoms with Gasteiger partial charge in [0.1, 0.15) is 0 Å². The molecule has 0 bridgehead atoms. The number of anilines is 1. The number of rotatable bonds is 3. The van der Waals surface area contributed by atoms with E-state index in [1.807, 2.05) is 30.3 Å². The SMILES string of the molecule is CN(C(=O)N1CC(Cc2ccc(C(F)(F)F)cc2)C1)c1ccccc1. The van der Waals surface area contributed by atoms with Gasteiger partial charge in [-0.2, -0.15) is 13.2 Å². The van der Waals surface area contributed by atoms with Crippen LogP contribution in [0.1, 0.15) is 11.1 Å². The zero-order chi connectivity index (χ0) is 18.0. The van der Waals surface area contributed by atoms with Gasteiger partial charge in [0.25, 0.3) is 0 Å². The van der Waals surface area contributed by atoms with Crippen molar-refractivity contribution >= 4 is 11.7 Å². The number of urea groups is 1. The predicted molar refractivity (Wildman–Crippen MR) is 90.5 cm³/mol. The highest BCUT2D eigenvalue weighted by atomic mass is 19.4. The van der Waals surface area contributed by atoms with Gasteiger partial charge in [-0.3, -0.25) is 4.90 Å². The van der Waals surface area contributed by atoms with Crippen LogP contribution in [-0.2, 0) is 12.6 Å². The number of nitrogens with zero attached hydrogens (tertiary/aromatic N) is 2. The minimum absolute atomic E-state index is 0.0603. The lowest BCUT2D eigenvalue weighted by atomic mass is 9.92. The topological polar surface area (TPSA) is 23.6 Å². The summed E-state index contributed by atoms with van der Waals surface area (Å²) < 4.78 is 37.7. The molecule has 0 radical (unpaired) electrons.